The minimum Gasteiger partial charge on any atom is -0.314 e. The summed E-state index contributed by atoms with van der Waals surface area (Å²) >= 11 is 0. The van der Waals surface area contributed by atoms with Gasteiger partial charge in [0.25, 0.3) is 0 Å². The standard InChI is InChI=1S/C7H13F3N2.ClH/c1-6-4-11-2-3-12(6)5-7(8,9)10;/h6,11H,2-5H2,1H3;1H/t6-;/m0./s1. The van der Waals surface area contributed by atoms with Gasteiger partial charge >= 0.3 is 6.18 Å². The zero-order valence-corrected chi connectivity index (χ0v) is 8.21. The first kappa shape index (κ1) is 13.0. The largest absolute Gasteiger partial charge is 0.401 e. The second-order valence-corrected chi connectivity index (χ2v) is 3.14. The minimum absolute atomic E-state index is 0. The van der Waals surface area contributed by atoms with E-state index in [-0.39, 0.29) is 18.4 Å². The number of rotatable bonds is 1. The van der Waals surface area contributed by atoms with Gasteiger partial charge in [-0.05, 0) is 6.92 Å². The molecule has 80 valence electrons. The quantitative estimate of drug-likeness (QED) is 0.713. The first-order valence-electron chi connectivity index (χ1n) is 4.00. The molecule has 0 aliphatic carbocycles. The predicted molar refractivity (Wildman–Crippen MR) is 47.2 cm³/mol. The lowest BCUT2D eigenvalue weighted by molar-refractivity contribution is -0.151. The summed E-state index contributed by atoms with van der Waals surface area (Å²) < 4.78 is 35.9. The van der Waals surface area contributed by atoms with Crippen molar-refractivity contribution in [1.29, 1.82) is 0 Å². The Labute approximate surface area is 81.9 Å². The topological polar surface area (TPSA) is 15.3 Å². The van der Waals surface area contributed by atoms with E-state index in [2.05, 4.69) is 5.32 Å². The summed E-state index contributed by atoms with van der Waals surface area (Å²) in [5.41, 5.74) is 0. The number of nitrogens with one attached hydrogen (secondary N) is 1. The lowest BCUT2D eigenvalue weighted by Gasteiger charge is -2.34. The van der Waals surface area contributed by atoms with E-state index >= 15 is 0 Å². The van der Waals surface area contributed by atoms with E-state index in [1.165, 1.54) is 4.90 Å². The van der Waals surface area contributed by atoms with E-state index in [4.69, 9.17) is 0 Å². The molecule has 2 nitrogen and oxygen atoms in total. The maximum absolute atomic E-state index is 12.0. The molecule has 13 heavy (non-hydrogen) atoms. The van der Waals surface area contributed by atoms with Gasteiger partial charge in [-0.15, -0.1) is 12.4 Å². The van der Waals surface area contributed by atoms with Crippen molar-refractivity contribution in [3.8, 4) is 0 Å². The van der Waals surface area contributed by atoms with Crippen molar-refractivity contribution < 1.29 is 13.2 Å². The summed E-state index contributed by atoms with van der Waals surface area (Å²) in [5, 5.41) is 3.04. The molecule has 0 amide bonds. The van der Waals surface area contributed by atoms with Gasteiger partial charge in [-0.3, -0.25) is 4.90 Å². The molecular weight excluding hydrogens is 205 g/mol. The average molecular weight is 219 g/mol. The van der Waals surface area contributed by atoms with Crippen molar-refractivity contribution in [3.05, 3.63) is 0 Å². The molecule has 0 aromatic heterocycles. The maximum atomic E-state index is 12.0. The highest BCUT2D eigenvalue weighted by Gasteiger charge is 2.33. The Morgan fingerprint density at radius 1 is 1.46 bits per heavy atom. The number of hydrogen-bond acceptors (Lipinski definition) is 2. The Bertz CT molecular complexity index is 151. The van der Waals surface area contributed by atoms with Crippen LogP contribution in [0.3, 0.4) is 0 Å². The highest BCUT2D eigenvalue weighted by atomic mass is 35.5. The molecule has 0 bridgehead atoms. The molecule has 1 aliphatic rings. The summed E-state index contributed by atoms with van der Waals surface area (Å²) in [4.78, 5) is 1.45. The van der Waals surface area contributed by atoms with Crippen molar-refractivity contribution in [1.82, 2.24) is 10.2 Å². The fourth-order valence-corrected chi connectivity index (χ4v) is 1.35. The van der Waals surface area contributed by atoms with Crippen LogP contribution in [0.15, 0.2) is 0 Å². The van der Waals surface area contributed by atoms with Gasteiger partial charge in [0.2, 0.25) is 0 Å². The zero-order valence-electron chi connectivity index (χ0n) is 7.40. The monoisotopic (exact) mass is 218 g/mol. The van der Waals surface area contributed by atoms with Crippen molar-refractivity contribution in [2.75, 3.05) is 26.2 Å². The van der Waals surface area contributed by atoms with Crippen LogP contribution in [0.2, 0.25) is 0 Å². The molecular formula is C7H14ClF3N2. The Morgan fingerprint density at radius 2 is 2.08 bits per heavy atom. The average Bonchev–Trinajstić information content (AvgIpc) is 1.91. The first-order chi connectivity index (χ1) is 5.49. The maximum Gasteiger partial charge on any atom is 0.401 e. The zero-order chi connectivity index (χ0) is 9.19. The third kappa shape index (κ3) is 4.69. The number of nitrogens with zero attached hydrogens (tertiary/aromatic N) is 1. The van der Waals surface area contributed by atoms with E-state index in [1.807, 2.05) is 0 Å². The van der Waals surface area contributed by atoms with Gasteiger partial charge in [0.15, 0.2) is 0 Å². The second kappa shape index (κ2) is 5.02. The number of piperazine rings is 1. The van der Waals surface area contributed by atoms with Gasteiger partial charge in [-0.25, -0.2) is 0 Å². The third-order valence-corrected chi connectivity index (χ3v) is 2.02. The summed E-state index contributed by atoms with van der Waals surface area (Å²) in [6.45, 7) is 2.81. The minimum atomic E-state index is -4.06. The normalized spacial score (nSPS) is 25.4. The molecule has 1 aliphatic heterocycles. The highest BCUT2D eigenvalue weighted by Crippen LogP contribution is 2.18. The molecule has 0 spiro atoms. The van der Waals surface area contributed by atoms with Crippen molar-refractivity contribution >= 4 is 12.4 Å². The summed E-state index contributed by atoms with van der Waals surface area (Å²) in [6, 6.07) is -0.0135. The Morgan fingerprint density at radius 3 is 2.54 bits per heavy atom. The van der Waals surface area contributed by atoms with Crippen LogP contribution in [0.5, 0.6) is 0 Å². The molecule has 0 radical (unpaired) electrons. The van der Waals surface area contributed by atoms with Crippen LogP contribution < -0.4 is 5.32 Å². The van der Waals surface area contributed by atoms with Crippen LogP contribution >= 0.6 is 12.4 Å². The molecule has 1 saturated heterocycles. The molecule has 1 fully saturated rings. The molecule has 1 atom stereocenters. The summed E-state index contributed by atoms with van der Waals surface area (Å²) in [6.07, 6.45) is -4.06. The number of alkyl halides is 3. The van der Waals surface area contributed by atoms with Crippen LogP contribution in [0.1, 0.15) is 6.92 Å². The third-order valence-electron chi connectivity index (χ3n) is 2.02. The van der Waals surface area contributed by atoms with Crippen LogP contribution in [-0.2, 0) is 0 Å². The van der Waals surface area contributed by atoms with Crippen LogP contribution in [-0.4, -0.2) is 43.3 Å². The first-order valence-corrected chi connectivity index (χ1v) is 4.00. The van der Waals surface area contributed by atoms with E-state index in [0.29, 0.717) is 19.6 Å². The number of hydrogen-bond donors (Lipinski definition) is 1. The van der Waals surface area contributed by atoms with Gasteiger partial charge in [0.1, 0.15) is 0 Å². The molecule has 0 aromatic rings. The lowest BCUT2D eigenvalue weighted by Crippen LogP contribution is -2.52. The summed E-state index contributed by atoms with van der Waals surface area (Å²) in [5.74, 6) is 0. The Kier molecular flexibility index (Phi) is 5.02. The molecule has 6 heteroatoms. The van der Waals surface area contributed by atoms with E-state index in [9.17, 15) is 13.2 Å². The van der Waals surface area contributed by atoms with Crippen molar-refractivity contribution in [2.24, 2.45) is 0 Å². The van der Waals surface area contributed by atoms with Crippen LogP contribution in [0, 0.1) is 0 Å². The smallest absolute Gasteiger partial charge is 0.314 e. The fourth-order valence-electron chi connectivity index (χ4n) is 1.35. The van der Waals surface area contributed by atoms with Gasteiger partial charge in [-0.1, -0.05) is 0 Å². The van der Waals surface area contributed by atoms with E-state index in [0.717, 1.165) is 0 Å². The molecule has 1 heterocycles. The molecule has 0 aromatic carbocycles. The highest BCUT2D eigenvalue weighted by molar-refractivity contribution is 5.85. The summed E-state index contributed by atoms with van der Waals surface area (Å²) in [7, 11) is 0. The van der Waals surface area contributed by atoms with Crippen LogP contribution in [0.4, 0.5) is 13.2 Å². The molecule has 1 N–H and O–H groups in total. The predicted octanol–water partition coefficient (Wildman–Crippen LogP) is 1.26. The van der Waals surface area contributed by atoms with E-state index in [1.54, 1.807) is 6.92 Å². The number of halogens is 4. The van der Waals surface area contributed by atoms with Gasteiger partial charge in [0, 0.05) is 25.7 Å². The lowest BCUT2D eigenvalue weighted by atomic mass is 10.2. The fraction of sp³-hybridized carbons (Fsp3) is 1.00. The van der Waals surface area contributed by atoms with Crippen molar-refractivity contribution in [3.63, 3.8) is 0 Å². The SMILES string of the molecule is C[C@H]1CNCCN1CC(F)(F)F.Cl. The molecule has 0 unspecified atom stereocenters. The van der Waals surface area contributed by atoms with Gasteiger partial charge in [-0.2, -0.15) is 13.2 Å². The van der Waals surface area contributed by atoms with Gasteiger partial charge < -0.3 is 5.32 Å². The van der Waals surface area contributed by atoms with Crippen LogP contribution in [0.25, 0.3) is 0 Å². The Balaban J connectivity index is 0.00000144. The molecule has 1 rings (SSSR count). The Hall–Kier alpha value is -0.0000000000000000555. The van der Waals surface area contributed by atoms with E-state index < -0.39 is 12.7 Å². The second-order valence-electron chi connectivity index (χ2n) is 3.14. The molecule has 0 saturated carbocycles. The van der Waals surface area contributed by atoms with Gasteiger partial charge in [0.05, 0.1) is 6.54 Å². The van der Waals surface area contributed by atoms with Crippen molar-refractivity contribution in [2.45, 2.75) is 19.1 Å².